The molecule has 4 aromatic rings. The Labute approximate surface area is 448 Å². The van der Waals surface area contributed by atoms with Gasteiger partial charge in [-0.1, -0.05) is 138 Å². The highest BCUT2D eigenvalue weighted by molar-refractivity contribution is 6.31. The monoisotopic (exact) mass is 1060 g/mol. The lowest BCUT2D eigenvalue weighted by molar-refractivity contribution is -0.249. The number of hydrogen-bond donors (Lipinski definition) is 5. The molecule has 1 saturated heterocycles. The maximum absolute atomic E-state index is 14.3. The Bertz CT molecular complexity index is 2780. The number of esters is 2. The first kappa shape index (κ1) is 56.5. The molecule has 17 heteroatoms. The van der Waals surface area contributed by atoms with Crippen LogP contribution in [0.1, 0.15) is 183 Å². The fraction of sp³-hybridized carbons (Fsp3) is 0.500. The van der Waals surface area contributed by atoms with Crippen LogP contribution in [0.3, 0.4) is 0 Å². The van der Waals surface area contributed by atoms with Crippen LogP contribution in [0.4, 0.5) is 4.79 Å². The molecule has 4 aromatic carbocycles. The Hall–Kier alpha value is -6.66. The van der Waals surface area contributed by atoms with Crippen LogP contribution in [-0.4, -0.2) is 113 Å². The van der Waals surface area contributed by atoms with E-state index in [0.717, 1.165) is 41.5 Å². The number of hydrogen-bond acceptors (Lipinski definition) is 16. The summed E-state index contributed by atoms with van der Waals surface area (Å²) in [6, 6.07) is 19.0. The van der Waals surface area contributed by atoms with Crippen molar-refractivity contribution in [3.05, 3.63) is 111 Å². The molecule has 0 spiro atoms. The van der Waals surface area contributed by atoms with Crippen molar-refractivity contribution in [2.75, 3.05) is 26.9 Å². The third-order valence-electron chi connectivity index (χ3n) is 15.4. The highest BCUT2D eigenvalue weighted by Crippen LogP contribution is 2.53. The Morgan fingerprint density at radius 3 is 1.94 bits per heavy atom. The third-order valence-corrected chi connectivity index (χ3v) is 15.4. The zero-order valence-corrected chi connectivity index (χ0v) is 44.1. The Kier molecular flexibility index (Phi) is 18.8. The van der Waals surface area contributed by atoms with Gasteiger partial charge in [0.15, 0.2) is 18.7 Å². The van der Waals surface area contributed by atoms with Crippen molar-refractivity contribution in [1.82, 2.24) is 5.32 Å². The first-order valence-corrected chi connectivity index (χ1v) is 27.2. The van der Waals surface area contributed by atoms with Crippen molar-refractivity contribution in [2.24, 2.45) is 0 Å². The molecule has 4 aliphatic rings. The SMILES string of the molecule is CCCCCCCCCCCCCCOC(=O)CCC(=O)OCC(=O)[C@]1(O)Cc2c(O)c3c(c(O)c2[C@@H](O[C@H]2C[C@H](NC(=O)OCC4c5ccccc5-c5ccccc54)[C@H](O)[C@H](C)O2)C1)C(=O)c1c(OC)cccc1C3=O. The van der Waals surface area contributed by atoms with Crippen LogP contribution >= 0.6 is 0 Å². The maximum Gasteiger partial charge on any atom is 0.407 e. The normalized spacial score (nSPS) is 21.2. The van der Waals surface area contributed by atoms with Crippen molar-refractivity contribution in [3.8, 4) is 28.4 Å². The number of carbonyl (C=O) groups is 6. The molecule has 6 atom stereocenters. The van der Waals surface area contributed by atoms with Gasteiger partial charge in [0.1, 0.15) is 35.6 Å². The Morgan fingerprint density at radius 1 is 0.714 bits per heavy atom. The second kappa shape index (κ2) is 25.7. The van der Waals surface area contributed by atoms with E-state index in [1.807, 2.05) is 48.5 Å². The highest BCUT2D eigenvalue weighted by Gasteiger charge is 2.51. The Balaban J connectivity index is 0.924. The first-order valence-electron chi connectivity index (χ1n) is 27.2. The van der Waals surface area contributed by atoms with Crippen LogP contribution in [0.5, 0.6) is 17.2 Å². The average molecular weight is 1060 g/mol. The van der Waals surface area contributed by atoms with Gasteiger partial charge in [0, 0.05) is 41.9 Å². The van der Waals surface area contributed by atoms with E-state index in [0.29, 0.717) is 6.42 Å². The summed E-state index contributed by atoms with van der Waals surface area (Å²) in [7, 11) is 1.30. The van der Waals surface area contributed by atoms with Crippen LogP contribution in [0.25, 0.3) is 11.1 Å². The van der Waals surface area contributed by atoms with Crippen LogP contribution < -0.4 is 10.1 Å². The molecule has 0 unspecified atom stereocenters. The smallest absolute Gasteiger partial charge is 0.407 e. The number of fused-ring (bicyclic) bond motifs is 6. The van der Waals surface area contributed by atoms with E-state index in [1.54, 1.807) is 0 Å². The number of unbranched alkanes of at least 4 members (excludes halogenated alkanes) is 11. The summed E-state index contributed by atoms with van der Waals surface area (Å²) in [5.74, 6) is -6.04. The number of Topliss-reactive ketones (excluding diaryl/α,β-unsaturated/α-hetero) is 1. The number of benzene rings is 4. The van der Waals surface area contributed by atoms with Gasteiger partial charge in [0.25, 0.3) is 0 Å². The molecule has 3 aliphatic carbocycles. The van der Waals surface area contributed by atoms with Gasteiger partial charge in [-0.05, 0) is 41.7 Å². The van der Waals surface area contributed by atoms with Gasteiger partial charge in [-0.2, -0.15) is 0 Å². The van der Waals surface area contributed by atoms with E-state index in [9.17, 15) is 49.2 Å². The summed E-state index contributed by atoms with van der Waals surface area (Å²) in [6.07, 6.45) is 5.59. The minimum absolute atomic E-state index is 0.00776. The number of aliphatic hydroxyl groups excluding tert-OH is 1. The minimum atomic E-state index is -2.50. The topological polar surface area (TPSA) is 251 Å². The molecule has 0 aromatic heterocycles. The van der Waals surface area contributed by atoms with Crippen molar-refractivity contribution >= 4 is 35.4 Å². The third kappa shape index (κ3) is 12.7. The summed E-state index contributed by atoms with van der Waals surface area (Å²) in [5, 5.41) is 50.4. The van der Waals surface area contributed by atoms with Crippen molar-refractivity contribution < 1.29 is 77.6 Å². The lowest BCUT2D eigenvalue weighted by Gasteiger charge is -2.42. The summed E-state index contributed by atoms with van der Waals surface area (Å²) in [6.45, 7) is 2.99. The van der Waals surface area contributed by atoms with Crippen LogP contribution in [0.15, 0.2) is 66.7 Å². The number of aliphatic hydroxyl groups is 2. The molecule has 0 radical (unpaired) electrons. The number of alkyl carbamates (subject to hydrolysis) is 1. The number of methoxy groups -OCH3 is 1. The molecule has 5 N–H and O–H groups in total. The molecule has 1 amide bonds. The Morgan fingerprint density at radius 2 is 1.30 bits per heavy atom. The number of aromatic hydroxyl groups is 2. The van der Waals surface area contributed by atoms with Gasteiger partial charge in [-0.3, -0.25) is 24.0 Å². The van der Waals surface area contributed by atoms with Crippen LogP contribution in [0, 0.1) is 0 Å². The standard InChI is InChI=1S/C60H71NO16/c1-4-5-6-7-8-9-10-11-12-13-14-19-29-73-47(63)27-28-48(64)74-34-46(62)60(71)31-41-51(58(69)53-52(56(41)67)55(66)40-25-20-26-44(72-3)50(40)57(53)68)45(32-60)77-49-30-43(54(65)35(2)76-49)61-59(70)75-33-42-38-23-17-15-21-36(38)37-22-16-18-24-39(37)42/h15-18,20-26,35,42-43,45,49,54,65,67,69,71H,4-14,19,27-34H2,1-3H3,(H,61,70)/t35-,43-,45-,49-,54+,60-/m0/s1. The van der Waals surface area contributed by atoms with E-state index in [2.05, 4.69) is 12.2 Å². The molecule has 17 nitrogen and oxygen atoms in total. The average Bonchev–Trinajstić information content (AvgIpc) is 3.77. The number of rotatable bonds is 25. The van der Waals surface area contributed by atoms with Gasteiger partial charge < -0.3 is 54.2 Å². The van der Waals surface area contributed by atoms with E-state index >= 15 is 0 Å². The number of phenols is 2. The van der Waals surface area contributed by atoms with Gasteiger partial charge in [-0.25, -0.2) is 4.79 Å². The van der Waals surface area contributed by atoms with Crippen molar-refractivity contribution in [2.45, 2.75) is 165 Å². The van der Waals surface area contributed by atoms with Gasteiger partial charge in [0.2, 0.25) is 11.6 Å². The minimum Gasteiger partial charge on any atom is -0.507 e. The van der Waals surface area contributed by atoms with Crippen molar-refractivity contribution in [3.63, 3.8) is 0 Å². The highest BCUT2D eigenvalue weighted by atomic mass is 16.7. The van der Waals surface area contributed by atoms with Gasteiger partial charge >= 0.3 is 18.0 Å². The lowest BCUT2D eigenvalue weighted by atomic mass is 9.72. The van der Waals surface area contributed by atoms with E-state index < -0.39 is 120 Å². The number of carbonyl (C=O) groups excluding carboxylic acids is 6. The summed E-state index contributed by atoms with van der Waals surface area (Å²) < 4.78 is 34.2. The largest absolute Gasteiger partial charge is 0.507 e. The molecule has 0 bridgehead atoms. The second-order valence-corrected chi connectivity index (χ2v) is 20.7. The summed E-state index contributed by atoms with van der Waals surface area (Å²) in [5.41, 5.74) is -0.357. The summed E-state index contributed by atoms with van der Waals surface area (Å²) in [4.78, 5) is 81.3. The molecule has 1 heterocycles. The zero-order valence-electron chi connectivity index (χ0n) is 44.1. The molecule has 412 valence electrons. The zero-order chi connectivity index (χ0) is 54.8. The molecule has 77 heavy (non-hydrogen) atoms. The fourth-order valence-electron chi connectivity index (χ4n) is 11.3. The van der Waals surface area contributed by atoms with Gasteiger partial charge in [-0.15, -0.1) is 0 Å². The number of nitrogens with one attached hydrogen (secondary N) is 1. The molecular formula is C60H71NO16. The quantitative estimate of drug-likeness (QED) is 0.0158. The number of amides is 1. The predicted octanol–water partition coefficient (Wildman–Crippen LogP) is 9.16. The molecule has 0 saturated carbocycles. The number of phenolic OH excluding ortho intramolecular Hbond substituents is 2. The second-order valence-electron chi connectivity index (χ2n) is 20.7. The number of ketones is 3. The maximum atomic E-state index is 14.3. The first-order chi connectivity index (χ1) is 37.1. The van der Waals surface area contributed by atoms with E-state index in [1.165, 1.54) is 83.6 Å². The van der Waals surface area contributed by atoms with E-state index in [4.69, 9.17) is 28.4 Å². The molecule has 1 aliphatic heterocycles. The summed E-state index contributed by atoms with van der Waals surface area (Å²) >= 11 is 0. The predicted molar refractivity (Wildman–Crippen MR) is 281 cm³/mol. The van der Waals surface area contributed by atoms with Crippen LogP contribution in [-0.2, 0) is 44.5 Å². The van der Waals surface area contributed by atoms with Crippen molar-refractivity contribution in [1.29, 1.82) is 0 Å². The number of ether oxygens (including phenoxy) is 6. The van der Waals surface area contributed by atoms with Gasteiger partial charge in [0.05, 0.1) is 61.5 Å². The lowest BCUT2D eigenvalue weighted by Crippen LogP contribution is -2.56. The molecule has 1 fully saturated rings. The molecular weight excluding hydrogens is 991 g/mol. The fourth-order valence-corrected chi connectivity index (χ4v) is 11.3. The molecule has 8 rings (SSSR count). The van der Waals surface area contributed by atoms with E-state index in [-0.39, 0.29) is 60.0 Å². The van der Waals surface area contributed by atoms with Crippen LogP contribution in [0.2, 0.25) is 0 Å².